The molecule has 29 heavy (non-hydrogen) atoms. The Bertz CT molecular complexity index is 912. The van der Waals surface area contributed by atoms with Crippen molar-refractivity contribution in [2.45, 2.75) is 26.3 Å². The lowest BCUT2D eigenvalue weighted by molar-refractivity contribution is 0.0734. The van der Waals surface area contributed by atoms with Crippen molar-refractivity contribution in [1.29, 1.82) is 0 Å². The van der Waals surface area contributed by atoms with Crippen molar-refractivity contribution in [3.05, 3.63) is 47.2 Å². The van der Waals surface area contributed by atoms with Crippen LogP contribution in [0.25, 0.3) is 0 Å². The molecule has 2 saturated heterocycles. The van der Waals surface area contributed by atoms with E-state index in [4.69, 9.17) is 5.73 Å². The molecule has 1 amide bonds. The van der Waals surface area contributed by atoms with Crippen molar-refractivity contribution in [2.24, 2.45) is 5.73 Å². The Hall–Kier alpha value is -2.74. The summed E-state index contributed by atoms with van der Waals surface area (Å²) in [6.45, 7) is 7.64. The van der Waals surface area contributed by atoms with Gasteiger partial charge in [0.05, 0.1) is 5.69 Å². The molecular formula is C21H27FN6O. The van der Waals surface area contributed by atoms with Crippen LogP contribution < -0.4 is 15.5 Å². The summed E-state index contributed by atoms with van der Waals surface area (Å²) in [4.78, 5) is 28.0. The fourth-order valence-corrected chi connectivity index (χ4v) is 4.00. The van der Waals surface area contributed by atoms with Crippen LogP contribution in [0.5, 0.6) is 0 Å². The normalized spacial score (nSPS) is 19.7. The van der Waals surface area contributed by atoms with E-state index < -0.39 is 0 Å². The zero-order chi connectivity index (χ0) is 20.5. The summed E-state index contributed by atoms with van der Waals surface area (Å²) in [5, 5.41) is 0. The smallest absolute Gasteiger partial charge is 0.291 e. The van der Waals surface area contributed by atoms with Crippen LogP contribution in [-0.2, 0) is 0 Å². The highest BCUT2D eigenvalue weighted by Crippen LogP contribution is 2.24. The molecule has 0 saturated carbocycles. The first-order valence-electron chi connectivity index (χ1n) is 10.1. The van der Waals surface area contributed by atoms with Gasteiger partial charge in [0.15, 0.2) is 0 Å². The number of hydrogen-bond acceptors (Lipinski definition) is 6. The summed E-state index contributed by atoms with van der Waals surface area (Å²) in [5.41, 5.74) is 8.42. The number of benzene rings is 1. The number of halogens is 1. The second-order valence-electron chi connectivity index (χ2n) is 7.81. The monoisotopic (exact) mass is 398 g/mol. The molecule has 2 N–H and O–H groups in total. The van der Waals surface area contributed by atoms with E-state index in [2.05, 4.69) is 14.9 Å². The highest BCUT2D eigenvalue weighted by atomic mass is 19.1. The Balaban J connectivity index is 1.49. The van der Waals surface area contributed by atoms with Gasteiger partial charge >= 0.3 is 0 Å². The maximum absolute atomic E-state index is 14.0. The second-order valence-corrected chi connectivity index (χ2v) is 7.81. The van der Waals surface area contributed by atoms with Crippen molar-refractivity contribution < 1.29 is 9.18 Å². The van der Waals surface area contributed by atoms with Gasteiger partial charge < -0.3 is 20.4 Å². The average Bonchev–Trinajstić information content (AvgIpc) is 3.16. The minimum absolute atomic E-state index is 0.135. The number of aromatic nitrogens is 2. The van der Waals surface area contributed by atoms with E-state index in [1.54, 1.807) is 17.0 Å². The molecule has 0 unspecified atom stereocenters. The fraction of sp³-hybridized carbons (Fsp3) is 0.476. The van der Waals surface area contributed by atoms with Gasteiger partial charge in [0.2, 0.25) is 5.82 Å². The van der Waals surface area contributed by atoms with Crippen LogP contribution in [0.4, 0.5) is 15.9 Å². The van der Waals surface area contributed by atoms with E-state index in [0.717, 1.165) is 36.6 Å². The maximum Gasteiger partial charge on any atom is 0.291 e. The molecule has 154 valence electrons. The first-order valence-corrected chi connectivity index (χ1v) is 10.1. The van der Waals surface area contributed by atoms with Gasteiger partial charge in [-0.1, -0.05) is 12.1 Å². The minimum atomic E-state index is -0.238. The standard InChI is InChI=1S/C21H27FN6O/c1-14-15(2)24-19(25-20(14)28-8-7-16(23)13-28)21(29)27-11-9-26(10-12-27)18-6-4-3-5-17(18)22/h3-6,16H,7-13,23H2,1-2H3/t16-/m1/s1. The van der Waals surface area contributed by atoms with Crippen LogP contribution >= 0.6 is 0 Å². The Morgan fingerprint density at radius 3 is 2.45 bits per heavy atom. The molecule has 4 rings (SSSR count). The third-order valence-corrected chi connectivity index (χ3v) is 5.84. The number of nitrogens with zero attached hydrogens (tertiary/aromatic N) is 5. The molecule has 0 aliphatic carbocycles. The molecule has 2 aliphatic heterocycles. The maximum atomic E-state index is 14.0. The van der Waals surface area contributed by atoms with Crippen LogP contribution in [0, 0.1) is 19.7 Å². The van der Waals surface area contributed by atoms with E-state index in [1.807, 2.05) is 24.8 Å². The predicted octanol–water partition coefficient (Wildman–Crippen LogP) is 1.73. The lowest BCUT2D eigenvalue weighted by atomic mass is 10.2. The number of rotatable bonds is 3. The van der Waals surface area contributed by atoms with Gasteiger partial charge in [-0.05, 0) is 32.4 Å². The fourth-order valence-electron chi connectivity index (χ4n) is 4.00. The predicted molar refractivity (Wildman–Crippen MR) is 111 cm³/mol. The lowest BCUT2D eigenvalue weighted by Gasteiger charge is -2.36. The number of carbonyl (C=O) groups excluding carboxylic acids is 1. The third kappa shape index (κ3) is 3.89. The van der Waals surface area contributed by atoms with Gasteiger partial charge in [-0.2, -0.15) is 0 Å². The van der Waals surface area contributed by atoms with Gasteiger partial charge in [-0.3, -0.25) is 4.79 Å². The number of hydrogen-bond donors (Lipinski definition) is 1. The lowest BCUT2D eigenvalue weighted by Crippen LogP contribution is -2.49. The number of piperazine rings is 1. The second kappa shape index (κ2) is 7.94. The van der Waals surface area contributed by atoms with Gasteiger partial charge in [-0.15, -0.1) is 0 Å². The molecule has 2 aliphatic rings. The summed E-state index contributed by atoms with van der Waals surface area (Å²) in [5.74, 6) is 0.617. The molecule has 8 heteroatoms. The van der Waals surface area contributed by atoms with Gasteiger partial charge in [0.1, 0.15) is 11.6 Å². The topological polar surface area (TPSA) is 78.6 Å². The van der Waals surface area contributed by atoms with Gasteiger partial charge in [0.25, 0.3) is 5.91 Å². The van der Waals surface area contributed by atoms with Crippen molar-refractivity contribution in [3.63, 3.8) is 0 Å². The Morgan fingerprint density at radius 1 is 1.07 bits per heavy atom. The van der Waals surface area contributed by atoms with E-state index >= 15 is 0 Å². The summed E-state index contributed by atoms with van der Waals surface area (Å²) in [6.07, 6.45) is 0.920. The summed E-state index contributed by atoms with van der Waals surface area (Å²) in [7, 11) is 0. The first-order chi connectivity index (χ1) is 13.9. The van der Waals surface area contributed by atoms with E-state index in [-0.39, 0.29) is 23.6 Å². The highest BCUT2D eigenvalue weighted by molar-refractivity contribution is 5.91. The van der Waals surface area contributed by atoms with Crippen molar-refractivity contribution in [1.82, 2.24) is 14.9 Å². The Labute approximate surface area is 170 Å². The average molecular weight is 398 g/mol. The molecule has 1 aromatic carbocycles. The first kappa shape index (κ1) is 19.6. The molecule has 7 nitrogen and oxygen atoms in total. The van der Waals surface area contributed by atoms with E-state index in [1.165, 1.54) is 6.07 Å². The SMILES string of the molecule is Cc1nc(C(=O)N2CCN(c3ccccc3F)CC2)nc(N2CC[C@@H](N)C2)c1C. The molecule has 0 spiro atoms. The number of nitrogens with two attached hydrogens (primary N) is 1. The van der Waals surface area contributed by atoms with Gasteiger partial charge in [0, 0.05) is 56.6 Å². The van der Waals surface area contributed by atoms with Crippen molar-refractivity contribution in [2.75, 3.05) is 49.1 Å². The van der Waals surface area contributed by atoms with Crippen molar-refractivity contribution >= 4 is 17.4 Å². The number of anilines is 2. The highest BCUT2D eigenvalue weighted by Gasteiger charge is 2.28. The van der Waals surface area contributed by atoms with Crippen LogP contribution in [0.1, 0.15) is 28.3 Å². The number of amides is 1. The Morgan fingerprint density at radius 2 is 1.79 bits per heavy atom. The molecule has 3 heterocycles. The van der Waals surface area contributed by atoms with Crippen LogP contribution in [-0.4, -0.2) is 66.1 Å². The molecule has 0 radical (unpaired) electrons. The minimum Gasteiger partial charge on any atom is -0.366 e. The van der Waals surface area contributed by atoms with E-state index in [0.29, 0.717) is 31.9 Å². The third-order valence-electron chi connectivity index (χ3n) is 5.84. The number of aryl methyl sites for hydroxylation is 1. The summed E-state index contributed by atoms with van der Waals surface area (Å²) in [6, 6.07) is 6.87. The molecule has 2 fully saturated rings. The summed E-state index contributed by atoms with van der Waals surface area (Å²) >= 11 is 0. The molecular weight excluding hydrogens is 371 g/mol. The molecule has 0 bridgehead atoms. The van der Waals surface area contributed by atoms with Gasteiger partial charge in [-0.25, -0.2) is 14.4 Å². The number of carbonyl (C=O) groups is 1. The van der Waals surface area contributed by atoms with E-state index in [9.17, 15) is 9.18 Å². The van der Waals surface area contributed by atoms with Crippen LogP contribution in [0.15, 0.2) is 24.3 Å². The zero-order valence-electron chi connectivity index (χ0n) is 16.9. The summed E-state index contributed by atoms with van der Waals surface area (Å²) < 4.78 is 14.0. The van der Waals surface area contributed by atoms with Crippen LogP contribution in [0.2, 0.25) is 0 Å². The van der Waals surface area contributed by atoms with Crippen LogP contribution in [0.3, 0.4) is 0 Å². The Kier molecular flexibility index (Phi) is 5.36. The van der Waals surface area contributed by atoms with Crippen molar-refractivity contribution in [3.8, 4) is 0 Å². The quantitative estimate of drug-likeness (QED) is 0.849. The zero-order valence-corrected chi connectivity index (χ0v) is 16.9. The largest absolute Gasteiger partial charge is 0.366 e. The molecule has 1 aromatic heterocycles. The molecule has 1 atom stereocenters. The molecule has 2 aromatic rings. The number of para-hydroxylation sites is 1.